The number of esters is 3. The number of hydrogen-bond donors (Lipinski definition) is 0. The van der Waals surface area contributed by atoms with E-state index >= 15 is 0 Å². The van der Waals surface area contributed by atoms with E-state index in [0.717, 1.165) is 37.9 Å². The minimum absolute atomic E-state index is 0.264. The highest BCUT2D eigenvalue weighted by Gasteiger charge is 2.42. The smallest absolute Gasteiger partial charge is 0.348 e. The zero-order valence-electron chi connectivity index (χ0n) is 27.1. The molecule has 2 aromatic carbocycles. The van der Waals surface area contributed by atoms with Crippen molar-refractivity contribution in [2.24, 2.45) is 0 Å². The Labute approximate surface area is 264 Å². The van der Waals surface area contributed by atoms with Gasteiger partial charge in [-0.2, -0.15) is 0 Å². The van der Waals surface area contributed by atoms with Gasteiger partial charge in [-0.05, 0) is 80.6 Å². The van der Waals surface area contributed by atoms with Gasteiger partial charge in [-0.1, -0.05) is 91.4 Å². The van der Waals surface area contributed by atoms with Crippen LogP contribution in [0.15, 0.2) is 48.5 Å². The predicted molar refractivity (Wildman–Crippen MR) is 172 cm³/mol. The lowest BCUT2D eigenvalue weighted by Gasteiger charge is -2.39. The second-order valence-corrected chi connectivity index (χ2v) is 12.0. The van der Waals surface area contributed by atoms with Gasteiger partial charge in [-0.3, -0.25) is 0 Å². The molecule has 7 heteroatoms. The molecule has 0 radical (unpaired) electrons. The van der Waals surface area contributed by atoms with Gasteiger partial charge in [0.15, 0.2) is 6.10 Å². The highest BCUT2D eigenvalue weighted by atomic mass is 16.6. The number of ether oxygens (including phenoxy) is 4. The van der Waals surface area contributed by atoms with Crippen LogP contribution in [0.3, 0.4) is 0 Å². The topological polar surface area (TPSA) is 88.1 Å². The van der Waals surface area contributed by atoms with Crippen LogP contribution in [0.1, 0.15) is 144 Å². The van der Waals surface area contributed by atoms with E-state index in [-0.39, 0.29) is 5.56 Å². The third kappa shape index (κ3) is 11.6. The Hall–Kier alpha value is -3.35. The summed E-state index contributed by atoms with van der Waals surface area (Å²) in [6.07, 6.45) is 16.5. The summed E-state index contributed by atoms with van der Waals surface area (Å²) in [6.45, 7) is 7.06. The third-order valence-corrected chi connectivity index (χ3v) is 8.26. The quantitative estimate of drug-likeness (QED) is 0.0840. The first-order valence-electron chi connectivity index (χ1n) is 16.9. The largest absolute Gasteiger partial charge is 0.494 e. The molecular formula is C37H52O7. The fourth-order valence-corrected chi connectivity index (χ4v) is 5.83. The molecule has 1 saturated heterocycles. The Kier molecular flexibility index (Phi) is 15.3. The molecule has 2 aromatic rings. The second-order valence-electron chi connectivity index (χ2n) is 12.0. The van der Waals surface area contributed by atoms with Gasteiger partial charge in [0.05, 0.1) is 17.7 Å². The molecule has 1 fully saturated rings. The molecule has 0 saturated carbocycles. The van der Waals surface area contributed by atoms with E-state index < -0.39 is 29.6 Å². The van der Waals surface area contributed by atoms with Gasteiger partial charge >= 0.3 is 17.9 Å². The van der Waals surface area contributed by atoms with Crippen molar-refractivity contribution < 1.29 is 33.3 Å². The average molecular weight is 609 g/mol. The molecule has 0 spiro atoms. The highest BCUT2D eigenvalue weighted by molar-refractivity contribution is 5.93. The van der Waals surface area contributed by atoms with Crippen LogP contribution >= 0.6 is 0 Å². The summed E-state index contributed by atoms with van der Waals surface area (Å²) < 4.78 is 22.6. The SMILES string of the molecule is CCCCCCCCCCCCOc1ccc(C(=O)Oc2ccc(C(=O)O[C@H]3CCC(CCC)(CCC)OC3=O)cc2)cc1. The normalized spacial score (nSPS) is 15.8. The van der Waals surface area contributed by atoms with E-state index in [0.29, 0.717) is 30.8 Å². The molecule has 1 heterocycles. The molecule has 242 valence electrons. The number of carbonyl (C=O) groups excluding carboxylic acids is 3. The summed E-state index contributed by atoms with van der Waals surface area (Å²) in [7, 11) is 0. The Bertz CT molecular complexity index is 1130. The number of benzene rings is 2. The van der Waals surface area contributed by atoms with Gasteiger partial charge in [-0.15, -0.1) is 0 Å². The van der Waals surface area contributed by atoms with Gasteiger partial charge in [-0.25, -0.2) is 14.4 Å². The number of hydrogen-bond acceptors (Lipinski definition) is 7. The lowest BCUT2D eigenvalue weighted by atomic mass is 9.84. The summed E-state index contributed by atoms with van der Waals surface area (Å²) in [4.78, 5) is 38.0. The summed E-state index contributed by atoms with van der Waals surface area (Å²) in [5.41, 5.74) is 0.215. The summed E-state index contributed by atoms with van der Waals surface area (Å²) in [6, 6.07) is 13.0. The van der Waals surface area contributed by atoms with Gasteiger partial charge in [0.2, 0.25) is 0 Å². The first-order valence-corrected chi connectivity index (χ1v) is 16.9. The van der Waals surface area contributed by atoms with E-state index in [1.54, 1.807) is 24.3 Å². The van der Waals surface area contributed by atoms with Crippen molar-refractivity contribution in [1.82, 2.24) is 0 Å². The minimum Gasteiger partial charge on any atom is -0.494 e. The van der Waals surface area contributed by atoms with Crippen LogP contribution in [0.5, 0.6) is 11.5 Å². The third-order valence-electron chi connectivity index (χ3n) is 8.26. The van der Waals surface area contributed by atoms with Crippen LogP contribution in [-0.2, 0) is 14.3 Å². The summed E-state index contributed by atoms with van der Waals surface area (Å²) >= 11 is 0. The zero-order chi connectivity index (χ0) is 31.6. The first-order chi connectivity index (χ1) is 21.4. The Morgan fingerprint density at radius 1 is 0.705 bits per heavy atom. The maximum atomic E-state index is 12.7. The fraction of sp³-hybridized carbons (Fsp3) is 0.595. The average Bonchev–Trinajstić information content (AvgIpc) is 3.02. The molecule has 0 amide bonds. The molecule has 3 rings (SSSR count). The second kappa shape index (κ2) is 19.1. The molecule has 1 aliphatic heterocycles. The fourth-order valence-electron chi connectivity index (χ4n) is 5.83. The molecule has 0 unspecified atom stereocenters. The van der Waals surface area contributed by atoms with Gasteiger partial charge in [0, 0.05) is 0 Å². The molecule has 1 aliphatic rings. The summed E-state index contributed by atoms with van der Waals surface area (Å²) in [5.74, 6) is -0.574. The molecule has 0 bridgehead atoms. The molecule has 7 nitrogen and oxygen atoms in total. The maximum absolute atomic E-state index is 12.7. The number of cyclic esters (lactones) is 1. The number of carbonyl (C=O) groups is 3. The van der Waals surface area contributed by atoms with Crippen molar-refractivity contribution in [2.45, 2.75) is 135 Å². The van der Waals surface area contributed by atoms with E-state index in [4.69, 9.17) is 18.9 Å². The van der Waals surface area contributed by atoms with Crippen molar-refractivity contribution in [3.63, 3.8) is 0 Å². The molecule has 1 atom stereocenters. The van der Waals surface area contributed by atoms with Crippen molar-refractivity contribution >= 4 is 17.9 Å². The van der Waals surface area contributed by atoms with Crippen molar-refractivity contribution in [3.8, 4) is 11.5 Å². The lowest BCUT2D eigenvalue weighted by Crippen LogP contribution is -2.46. The van der Waals surface area contributed by atoms with E-state index in [1.807, 2.05) is 0 Å². The summed E-state index contributed by atoms with van der Waals surface area (Å²) in [5, 5.41) is 0. The van der Waals surface area contributed by atoms with Crippen LogP contribution in [0, 0.1) is 0 Å². The van der Waals surface area contributed by atoms with Crippen molar-refractivity contribution in [1.29, 1.82) is 0 Å². The zero-order valence-corrected chi connectivity index (χ0v) is 27.1. The molecule has 44 heavy (non-hydrogen) atoms. The lowest BCUT2D eigenvalue weighted by molar-refractivity contribution is -0.184. The van der Waals surface area contributed by atoms with Crippen LogP contribution < -0.4 is 9.47 Å². The molecule has 0 aliphatic carbocycles. The molecular weight excluding hydrogens is 556 g/mol. The number of unbranched alkanes of at least 4 members (excludes halogenated alkanes) is 9. The van der Waals surface area contributed by atoms with E-state index in [9.17, 15) is 14.4 Å². The van der Waals surface area contributed by atoms with Gasteiger partial charge in [0.1, 0.15) is 17.1 Å². The Morgan fingerprint density at radius 2 is 1.23 bits per heavy atom. The molecule has 0 aromatic heterocycles. The number of rotatable bonds is 20. The monoisotopic (exact) mass is 608 g/mol. The van der Waals surface area contributed by atoms with Crippen LogP contribution in [0.2, 0.25) is 0 Å². The van der Waals surface area contributed by atoms with Crippen molar-refractivity contribution in [3.05, 3.63) is 59.7 Å². The Morgan fingerprint density at radius 3 is 1.77 bits per heavy atom. The van der Waals surface area contributed by atoms with Gasteiger partial charge in [0.25, 0.3) is 0 Å². The van der Waals surface area contributed by atoms with Crippen LogP contribution in [0.4, 0.5) is 0 Å². The Balaban J connectivity index is 1.36. The molecule has 0 N–H and O–H groups in total. The van der Waals surface area contributed by atoms with E-state index in [1.165, 1.54) is 82.1 Å². The van der Waals surface area contributed by atoms with Gasteiger partial charge < -0.3 is 18.9 Å². The highest BCUT2D eigenvalue weighted by Crippen LogP contribution is 2.35. The first kappa shape index (κ1) is 35.1. The van der Waals surface area contributed by atoms with Crippen LogP contribution in [-0.4, -0.2) is 36.2 Å². The predicted octanol–water partition coefficient (Wildman–Crippen LogP) is 9.41. The van der Waals surface area contributed by atoms with E-state index in [2.05, 4.69) is 20.8 Å². The maximum Gasteiger partial charge on any atom is 0.348 e. The minimum atomic E-state index is -0.913. The van der Waals surface area contributed by atoms with Crippen molar-refractivity contribution in [2.75, 3.05) is 6.61 Å². The standard InChI is InChI=1S/C37H52O7/c1-4-7-8-9-10-11-12-13-14-15-28-41-31-20-16-29(17-21-31)34(38)42-32-22-18-30(19-23-32)35(39)43-33-24-27-37(25-5-2,26-6-3)44-36(33)40/h16-23,33H,4-15,24-28H2,1-3H3/t33-/m0/s1. The van der Waals surface area contributed by atoms with Crippen LogP contribution in [0.25, 0.3) is 0 Å².